The number of rotatable bonds is 6. The Morgan fingerprint density at radius 1 is 1.39 bits per heavy atom. The first-order valence-corrected chi connectivity index (χ1v) is 6.48. The van der Waals surface area contributed by atoms with Crippen LogP contribution in [0.15, 0.2) is 18.2 Å². The lowest BCUT2D eigenvalue weighted by molar-refractivity contribution is 0.107. The number of hydrogen-bond donors (Lipinski definition) is 2. The van der Waals surface area contributed by atoms with E-state index in [1.165, 1.54) is 0 Å². The zero-order valence-electron chi connectivity index (χ0n) is 10.8. The van der Waals surface area contributed by atoms with Crippen LogP contribution in [0.5, 0.6) is 0 Å². The lowest BCUT2D eigenvalue weighted by atomic mass is 10.0. The van der Waals surface area contributed by atoms with Crippen molar-refractivity contribution in [2.24, 2.45) is 0 Å². The van der Waals surface area contributed by atoms with Crippen LogP contribution >= 0.6 is 23.2 Å². The summed E-state index contributed by atoms with van der Waals surface area (Å²) in [5.41, 5.74) is 0.422. The minimum absolute atomic E-state index is 0.208. The third-order valence-corrected chi connectivity index (χ3v) is 3.18. The molecule has 0 amide bonds. The number of methoxy groups -OCH3 is 1. The third-order valence-electron chi connectivity index (χ3n) is 2.60. The average Bonchev–Trinajstić information content (AvgIpc) is 2.29. The molecule has 5 heteroatoms. The van der Waals surface area contributed by atoms with Crippen LogP contribution in [0.2, 0.25) is 10.0 Å². The van der Waals surface area contributed by atoms with Crippen molar-refractivity contribution in [3.63, 3.8) is 0 Å². The Hall–Kier alpha value is -0.320. The monoisotopic (exact) mass is 291 g/mol. The SMILES string of the molecule is COCC(C)(C)NCC(O)c1cc(Cl)ccc1Cl. The zero-order valence-corrected chi connectivity index (χ0v) is 12.3. The molecular weight excluding hydrogens is 273 g/mol. The van der Waals surface area contributed by atoms with E-state index in [1.54, 1.807) is 25.3 Å². The van der Waals surface area contributed by atoms with Gasteiger partial charge in [0.2, 0.25) is 0 Å². The predicted molar refractivity (Wildman–Crippen MR) is 75.4 cm³/mol. The Morgan fingerprint density at radius 3 is 2.67 bits per heavy atom. The van der Waals surface area contributed by atoms with Gasteiger partial charge in [-0.2, -0.15) is 0 Å². The topological polar surface area (TPSA) is 41.5 Å². The van der Waals surface area contributed by atoms with Crippen LogP contribution in [0, 0.1) is 0 Å². The fourth-order valence-electron chi connectivity index (χ4n) is 1.66. The number of aliphatic hydroxyl groups is 1. The van der Waals surface area contributed by atoms with E-state index in [0.717, 1.165) is 0 Å². The molecule has 0 saturated heterocycles. The number of hydrogen-bond acceptors (Lipinski definition) is 3. The van der Waals surface area contributed by atoms with Crippen LogP contribution in [0.1, 0.15) is 25.5 Å². The van der Waals surface area contributed by atoms with E-state index >= 15 is 0 Å². The summed E-state index contributed by atoms with van der Waals surface area (Å²) in [6.45, 7) is 4.95. The van der Waals surface area contributed by atoms with Crippen molar-refractivity contribution in [1.29, 1.82) is 0 Å². The van der Waals surface area contributed by atoms with Gasteiger partial charge in [-0.25, -0.2) is 0 Å². The summed E-state index contributed by atoms with van der Waals surface area (Å²) in [6.07, 6.45) is -0.702. The van der Waals surface area contributed by atoms with Crippen molar-refractivity contribution < 1.29 is 9.84 Å². The Bertz CT molecular complexity index is 397. The van der Waals surface area contributed by atoms with Crippen molar-refractivity contribution in [2.75, 3.05) is 20.3 Å². The van der Waals surface area contributed by atoms with Gasteiger partial charge in [-0.3, -0.25) is 0 Å². The average molecular weight is 292 g/mol. The Kier molecular flexibility index (Phi) is 5.89. The fourth-order valence-corrected chi connectivity index (χ4v) is 2.09. The molecule has 0 aliphatic heterocycles. The first-order valence-electron chi connectivity index (χ1n) is 5.73. The largest absolute Gasteiger partial charge is 0.387 e. The highest BCUT2D eigenvalue weighted by atomic mass is 35.5. The summed E-state index contributed by atoms with van der Waals surface area (Å²) in [5.74, 6) is 0. The van der Waals surface area contributed by atoms with E-state index in [0.29, 0.717) is 28.8 Å². The van der Waals surface area contributed by atoms with Gasteiger partial charge < -0.3 is 15.2 Å². The number of benzene rings is 1. The summed E-state index contributed by atoms with van der Waals surface area (Å²) in [5, 5.41) is 14.4. The number of halogens is 2. The van der Waals surface area contributed by atoms with Gasteiger partial charge in [-0.05, 0) is 32.0 Å². The Balaban J connectivity index is 2.65. The molecule has 0 heterocycles. The summed E-state index contributed by atoms with van der Waals surface area (Å²) in [6, 6.07) is 5.06. The molecule has 1 unspecified atom stereocenters. The van der Waals surface area contributed by atoms with Crippen molar-refractivity contribution in [3.05, 3.63) is 33.8 Å². The van der Waals surface area contributed by atoms with E-state index in [4.69, 9.17) is 27.9 Å². The fraction of sp³-hybridized carbons (Fsp3) is 0.538. The lowest BCUT2D eigenvalue weighted by Crippen LogP contribution is -2.45. The van der Waals surface area contributed by atoms with Crippen molar-refractivity contribution in [1.82, 2.24) is 5.32 Å². The highest BCUT2D eigenvalue weighted by molar-refractivity contribution is 6.33. The summed E-state index contributed by atoms with van der Waals surface area (Å²) < 4.78 is 5.10. The minimum atomic E-state index is -0.702. The van der Waals surface area contributed by atoms with Gasteiger partial charge in [0.1, 0.15) is 0 Å². The molecule has 0 spiro atoms. The molecule has 0 fully saturated rings. The number of nitrogens with one attached hydrogen (secondary N) is 1. The normalized spacial score (nSPS) is 13.7. The van der Waals surface area contributed by atoms with Crippen LogP contribution in [0.3, 0.4) is 0 Å². The van der Waals surface area contributed by atoms with Gasteiger partial charge in [0.15, 0.2) is 0 Å². The minimum Gasteiger partial charge on any atom is -0.387 e. The van der Waals surface area contributed by atoms with Gasteiger partial charge >= 0.3 is 0 Å². The second-order valence-electron chi connectivity index (χ2n) is 4.88. The molecule has 18 heavy (non-hydrogen) atoms. The van der Waals surface area contributed by atoms with Gasteiger partial charge in [0.05, 0.1) is 12.7 Å². The lowest BCUT2D eigenvalue weighted by Gasteiger charge is -2.27. The first-order chi connectivity index (χ1) is 8.35. The van der Waals surface area contributed by atoms with Crippen LogP contribution in [-0.4, -0.2) is 30.9 Å². The molecule has 0 aliphatic rings. The molecule has 1 rings (SSSR count). The summed E-state index contributed by atoms with van der Waals surface area (Å²) in [7, 11) is 1.65. The van der Waals surface area contributed by atoms with Gasteiger partial charge in [-0.1, -0.05) is 23.2 Å². The van der Waals surface area contributed by atoms with Crippen LogP contribution < -0.4 is 5.32 Å². The van der Waals surface area contributed by atoms with Crippen LogP contribution in [0.25, 0.3) is 0 Å². The quantitative estimate of drug-likeness (QED) is 0.846. The second-order valence-corrected chi connectivity index (χ2v) is 5.72. The molecule has 2 N–H and O–H groups in total. The van der Waals surface area contributed by atoms with Gasteiger partial charge in [0, 0.05) is 34.8 Å². The number of ether oxygens (including phenoxy) is 1. The molecule has 0 bridgehead atoms. The molecule has 0 radical (unpaired) electrons. The predicted octanol–water partition coefficient (Wildman–Crippen LogP) is 3.04. The number of aliphatic hydroxyl groups excluding tert-OH is 1. The van der Waals surface area contributed by atoms with E-state index in [-0.39, 0.29) is 5.54 Å². The molecule has 0 aliphatic carbocycles. The van der Waals surface area contributed by atoms with Crippen LogP contribution in [0.4, 0.5) is 0 Å². The van der Waals surface area contributed by atoms with Gasteiger partial charge in [0.25, 0.3) is 0 Å². The molecular formula is C13H19Cl2NO2. The molecule has 1 atom stereocenters. The molecule has 0 aromatic heterocycles. The molecule has 1 aromatic rings. The second kappa shape index (κ2) is 6.73. The van der Waals surface area contributed by atoms with E-state index < -0.39 is 6.10 Å². The maximum atomic E-state index is 10.1. The maximum Gasteiger partial charge on any atom is 0.0929 e. The van der Waals surface area contributed by atoms with E-state index in [2.05, 4.69) is 5.32 Å². The van der Waals surface area contributed by atoms with Crippen molar-refractivity contribution >= 4 is 23.2 Å². The molecule has 3 nitrogen and oxygen atoms in total. The van der Waals surface area contributed by atoms with Gasteiger partial charge in [-0.15, -0.1) is 0 Å². The Labute approximate surface area is 118 Å². The first kappa shape index (κ1) is 15.7. The van der Waals surface area contributed by atoms with E-state index in [1.807, 2.05) is 13.8 Å². The van der Waals surface area contributed by atoms with Crippen LogP contribution in [-0.2, 0) is 4.74 Å². The van der Waals surface area contributed by atoms with E-state index in [9.17, 15) is 5.11 Å². The summed E-state index contributed by atoms with van der Waals surface area (Å²) >= 11 is 11.9. The molecule has 1 aromatic carbocycles. The standard InChI is InChI=1S/C13H19Cl2NO2/c1-13(2,8-18-3)16-7-12(17)10-6-9(14)4-5-11(10)15/h4-6,12,16-17H,7-8H2,1-3H3. The highest BCUT2D eigenvalue weighted by Gasteiger charge is 2.20. The summed E-state index contributed by atoms with van der Waals surface area (Å²) in [4.78, 5) is 0. The Morgan fingerprint density at radius 2 is 2.06 bits per heavy atom. The third kappa shape index (κ3) is 4.75. The maximum absolute atomic E-state index is 10.1. The smallest absolute Gasteiger partial charge is 0.0929 e. The van der Waals surface area contributed by atoms with Crippen molar-refractivity contribution in [3.8, 4) is 0 Å². The zero-order chi connectivity index (χ0) is 13.8. The highest BCUT2D eigenvalue weighted by Crippen LogP contribution is 2.26. The number of β-amino-alcohol motifs (C(OH)–C–C–N with tert-alkyl or cyclic N) is 1. The molecule has 102 valence electrons. The molecule has 0 saturated carbocycles. The van der Waals surface area contributed by atoms with Crippen molar-refractivity contribution in [2.45, 2.75) is 25.5 Å².